The fourth-order valence-electron chi connectivity index (χ4n) is 1.70. The predicted octanol–water partition coefficient (Wildman–Crippen LogP) is 3.02. The molecule has 3 nitrogen and oxygen atoms in total. The van der Waals surface area contributed by atoms with E-state index in [1.807, 2.05) is 49.4 Å². The van der Waals surface area contributed by atoms with Crippen molar-refractivity contribution in [3.05, 3.63) is 48.2 Å². The first-order chi connectivity index (χ1) is 8.15. The largest absolute Gasteiger partial charge is 0.326 e. The van der Waals surface area contributed by atoms with Crippen LogP contribution in [0, 0.1) is 6.92 Å². The average molecular weight is 226 g/mol. The molecule has 0 radical (unpaired) electrons. The quantitative estimate of drug-likeness (QED) is 0.855. The molecule has 0 bridgehead atoms. The molecule has 1 N–H and O–H groups in total. The van der Waals surface area contributed by atoms with Crippen molar-refractivity contribution in [2.75, 3.05) is 5.32 Å². The van der Waals surface area contributed by atoms with E-state index in [2.05, 4.69) is 10.3 Å². The fourth-order valence-corrected chi connectivity index (χ4v) is 1.70. The minimum Gasteiger partial charge on any atom is -0.326 e. The van der Waals surface area contributed by atoms with Gasteiger partial charge < -0.3 is 5.32 Å². The van der Waals surface area contributed by atoms with E-state index in [1.54, 1.807) is 0 Å². The van der Waals surface area contributed by atoms with Crippen molar-refractivity contribution >= 4 is 11.6 Å². The molecule has 0 atom stereocenters. The van der Waals surface area contributed by atoms with Crippen LogP contribution in [0.4, 0.5) is 5.69 Å². The van der Waals surface area contributed by atoms with Gasteiger partial charge in [0, 0.05) is 23.9 Å². The molecule has 86 valence electrons. The van der Waals surface area contributed by atoms with Gasteiger partial charge in [-0.1, -0.05) is 30.3 Å². The Morgan fingerprint density at radius 1 is 1.18 bits per heavy atom. The Labute approximate surface area is 101 Å². The molecule has 1 heterocycles. The Morgan fingerprint density at radius 3 is 2.53 bits per heavy atom. The average Bonchev–Trinajstić information content (AvgIpc) is 2.28. The van der Waals surface area contributed by atoms with Gasteiger partial charge in [-0.3, -0.25) is 9.78 Å². The highest BCUT2D eigenvalue weighted by Gasteiger charge is 2.03. The molecule has 0 aliphatic carbocycles. The number of nitrogens with zero attached hydrogens (tertiary/aromatic N) is 1. The first kappa shape index (κ1) is 11.3. The Morgan fingerprint density at radius 2 is 1.88 bits per heavy atom. The van der Waals surface area contributed by atoms with Crippen LogP contribution in [-0.4, -0.2) is 10.9 Å². The molecule has 1 aromatic carbocycles. The highest BCUT2D eigenvalue weighted by molar-refractivity contribution is 5.89. The number of rotatable bonds is 2. The van der Waals surface area contributed by atoms with Gasteiger partial charge in [0.15, 0.2) is 0 Å². The zero-order valence-corrected chi connectivity index (χ0v) is 9.90. The molecule has 0 fully saturated rings. The summed E-state index contributed by atoms with van der Waals surface area (Å²) in [5.74, 6) is -0.0744. The Kier molecular flexibility index (Phi) is 3.19. The standard InChI is InChI=1S/C14H14N2O/c1-10-8-13(16-11(2)17)9-14(15-10)12-6-4-3-5-7-12/h3-9H,1-2H3,(H,15,16,17). The van der Waals surface area contributed by atoms with Gasteiger partial charge in [0.1, 0.15) is 0 Å². The summed E-state index contributed by atoms with van der Waals surface area (Å²) in [7, 11) is 0. The first-order valence-electron chi connectivity index (χ1n) is 5.47. The molecule has 0 saturated carbocycles. The summed E-state index contributed by atoms with van der Waals surface area (Å²) in [5, 5.41) is 2.78. The molecule has 0 aliphatic rings. The Hall–Kier alpha value is -2.16. The highest BCUT2D eigenvalue weighted by Crippen LogP contribution is 2.21. The zero-order valence-electron chi connectivity index (χ0n) is 9.90. The molecule has 17 heavy (non-hydrogen) atoms. The van der Waals surface area contributed by atoms with Crippen LogP contribution in [0.15, 0.2) is 42.5 Å². The molecule has 3 heteroatoms. The summed E-state index contributed by atoms with van der Waals surface area (Å²) in [6.07, 6.45) is 0. The van der Waals surface area contributed by atoms with E-state index in [-0.39, 0.29) is 5.91 Å². The topological polar surface area (TPSA) is 42.0 Å². The van der Waals surface area contributed by atoms with Crippen molar-refractivity contribution in [1.29, 1.82) is 0 Å². The van der Waals surface area contributed by atoms with E-state index in [1.165, 1.54) is 6.92 Å². The lowest BCUT2D eigenvalue weighted by molar-refractivity contribution is -0.114. The number of pyridine rings is 1. The van der Waals surface area contributed by atoms with Crippen molar-refractivity contribution in [3.63, 3.8) is 0 Å². The van der Waals surface area contributed by atoms with Gasteiger partial charge in [0.25, 0.3) is 0 Å². The SMILES string of the molecule is CC(=O)Nc1cc(C)nc(-c2ccccc2)c1. The maximum atomic E-state index is 11.0. The number of aryl methyl sites for hydroxylation is 1. The zero-order chi connectivity index (χ0) is 12.3. The van der Waals surface area contributed by atoms with E-state index < -0.39 is 0 Å². The highest BCUT2D eigenvalue weighted by atomic mass is 16.1. The molecule has 0 spiro atoms. The van der Waals surface area contributed by atoms with Crippen LogP contribution in [0.2, 0.25) is 0 Å². The minimum absolute atomic E-state index is 0.0744. The van der Waals surface area contributed by atoms with E-state index in [0.29, 0.717) is 0 Å². The van der Waals surface area contributed by atoms with Gasteiger partial charge in [-0.25, -0.2) is 0 Å². The maximum absolute atomic E-state index is 11.0. The summed E-state index contributed by atoms with van der Waals surface area (Å²) < 4.78 is 0. The molecule has 0 aliphatic heterocycles. The molecule has 1 amide bonds. The molecular weight excluding hydrogens is 212 g/mol. The van der Waals surface area contributed by atoms with Gasteiger partial charge in [-0.2, -0.15) is 0 Å². The molecule has 0 unspecified atom stereocenters. The summed E-state index contributed by atoms with van der Waals surface area (Å²) in [5.41, 5.74) is 3.58. The third-order valence-electron chi connectivity index (χ3n) is 2.34. The van der Waals surface area contributed by atoms with E-state index in [4.69, 9.17) is 0 Å². The summed E-state index contributed by atoms with van der Waals surface area (Å²) >= 11 is 0. The summed E-state index contributed by atoms with van der Waals surface area (Å²) in [6.45, 7) is 3.41. The lowest BCUT2D eigenvalue weighted by atomic mass is 10.1. The van der Waals surface area contributed by atoms with Crippen LogP contribution in [0.3, 0.4) is 0 Å². The number of nitrogens with one attached hydrogen (secondary N) is 1. The number of carbonyl (C=O) groups is 1. The van der Waals surface area contributed by atoms with Crippen LogP contribution in [0.5, 0.6) is 0 Å². The number of benzene rings is 1. The number of carbonyl (C=O) groups excluding carboxylic acids is 1. The van der Waals surface area contributed by atoms with Crippen LogP contribution in [-0.2, 0) is 4.79 Å². The number of amides is 1. The van der Waals surface area contributed by atoms with Gasteiger partial charge >= 0.3 is 0 Å². The number of hydrogen-bond donors (Lipinski definition) is 1. The van der Waals surface area contributed by atoms with Crippen LogP contribution >= 0.6 is 0 Å². The van der Waals surface area contributed by atoms with Gasteiger partial charge in [0.2, 0.25) is 5.91 Å². The maximum Gasteiger partial charge on any atom is 0.221 e. The van der Waals surface area contributed by atoms with E-state index >= 15 is 0 Å². The normalized spacial score (nSPS) is 10.0. The Bertz CT molecular complexity index is 535. The lowest BCUT2D eigenvalue weighted by Crippen LogP contribution is -2.06. The monoisotopic (exact) mass is 226 g/mol. The summed E-state index contributed by atoms with van der Waals surface area (Å²) in [6, 6.07) is 13.6. The second-order valence-corrected chi connectivity index (χ2v) is 3.93. The third kappa shape index (κ3) is 2.91. The number of aromatic nitrogens is 1. The lowest BCUT2D eigenvalue weighted by Gasteiger charge is -2.07. The number of hydrogen-bond acceptors (Lipinski definition) is 2. The van der Waals surface area contributed by atoms with E-state index in [0.717, 1.165) is 22.6 Å². The van der Waals surface area contributed by atoms with Crippen molar-refractivity contribution < 1.29 is 4.79 Å². The second kappa shape index (κ2) is 4.78. The van der Waals surface area contributed by atoms with Crippen molar-refractivity contribution in [1.82, 2.24) is 4.98 Å². The van der Waals surface area contributed by atoms with Crippen molar-refractivity contribution in [2.24, 2.45) is 0 Å². The molecule has 0 saturated heterocycles. The van der Waals surface area contributed by atoms with Gasteiger partial charge in [-0.15, -0.1) is 0 Å². The fraction of sp³-hybridized carbons (Fsp3) is 0.143. The second-order valence-electron chi connectivity index (χ2n) is 3.93. The smallest absolute Gasteiger partial charge is 0.221 e. The van der Waals surface area contributed by atoms with Gasteiger partial charge in [0.05, 0.1) is 5.69 Å². The molecule has 2 rings (SSSR count). The third-order valence-corrected chi connectivity index (χ3v) is 2.34. The molecular formula is C14H14N2O. The van der Waals surface area contributed by atoms with Crippen LogP contribution in [0.25, 0.3) is 11.3 Å². The van der Waals surface area contributed by atoms with Crippen molar-refractivity contribution in [2.45, 2.75) is 13.8 Å². The number of anilines is 1. The van der Waals surface area contributed by atoms with Crippen LogP contribution in [0.1, 0.15) is 12.6 Å². The van der Waals surface area contributed by atoms with Crippen LogP contribution < -0.4 is 5.32 Å². The minimum atomic E-state index is -0.0744. The summed E-state index contributed by atoms with van der Waals surface area (Å²) in [4.78, 5) is 15.5. The molecule has 1 aromatic heterocycles. The predicted molar refractivity (Wildman–Crippen MR) is 68.7 cm³/mol. The Balaban J connectivity index is 2.42. The first-order valence-corrected chi connectivity index (χ1v) is 5.47. The van der Waals surface area contributed by atoms with E-state index in [9.17, 15) is 4.79 Å². The van der Waals surface area contributed by atoms with Crippen molar-refractivity contribution in [3.8, 4) is 11.3 Å². The van der Waals surface area contributed by atoms with Gasteiger partial charge in [-0.05, 0) is 19.1 Å². The molecule has 2 aromatic rings.